The second-order valence-electron chi connectivity index (χ2n) is 5.67. The highest BCUT2D eigenvalue weighted by atomic mass is 16.6. The molecule has 0 unspecified atom stereocenters. The Labute approximate surface area is 141 Å². The van der Waals surface area contributed by atoms with Crippen LogP contribution in [0.15, 0.2) is 72.8 Å². The molecule has 1 aliphatic heterocycles. The fourth-order valence-electron chi connectivity index (χ4n) is 2.91. The number of hydrogen-bond donors (Lipinski definition) is 0. The molecule has 2 aromatic carbocycles. The molecular formula is C20H19NO3. The molecule has 1 aliphatic rings. The van der Waals surface area contributed by atoms with Crippen LogP contribution in [0.25, 0.3) is 0 Å². The number of allylic oxidation sites excluding steroid dienone is 1. The summed E-state index contributed by atoms with van der Waals surface area (Å²) in [5.74, 6) is -0.325. The van der Waals surface area contributed by atoms with E-state index < -0.39 is 12.2 Å². The van der Waals surface area contributed by atoms with E-state index in [1.165, 1.54) is 4.90 Å². The van der Waals surface area contributed by atoms with E-state index in [9.17, 15) is 9.59 Å². The molecule has 4 heteroatoms. The Morgan fingerprint density at radius 3 is 2.33 bits per heavy atom. The first kappa shape index (κ1) is 16.0. The Morgan fingerprint density at radius 2 is 1.71 bits per heavy atom. The molecule has 0 N–H and O–H groups in total. The first-order chi connectivity index (χ1) is 11.7. The minimum Gasteiger partial charge on any atom is -0.439 e. The maximum Gasteiger partial charge on any atom is 0.417 e. The van der Waals surface area contributed by atoms with Crippen LogP contribution in [-0.4, -0.2) is 29.0 Å². The molecular weight excluding hydrogens is 302 g/mol. The fourth-order valence-corrected chi connectivity index (χ4v) is 2.91. The van der Waals surface area contributed by atoms with Gasteiger partial charge in [0.2, 0.25) is 0 Å². The van der Waals surface area contributed by atoms with Crippen molar-refractivity contribution in [2.24, 2.45) is 0 Å². The second-order valence-corrected chi connectivity index (χ2v) is 5.67. The lowest BCUT2D eigenvalue weighted by atomic mass is 9.99. The van der Waals surface area contributed by atoms with Crippen LogP contribution in [0.4, 0.5) is 4.79 Å². The first-order valence-corrected chi connectivity index (χ1v) is 7.96. The van der Waals surface area contributed by atoms with Gasteiger partial charge in [-0.25, -0.2) is 9.69 Å². The van der Waals surface area contributed by atoms with E-state index in [1.54, 1.807) is 24.3 Å². The van der Waals surface area contributed by atoms with E-state index in [0.29, 0.717) is 12.0 Å². The molecule has 1 fully saturated rings. The van der Waals surface area contributed by atoms with E-state index in [0.717, 1.165) is 5.56 Å². The van der Waals surface area contributed by atoms with Crippen LogP contribution >= 0.6 is 0 Å². The van der Waals surface area contributed by atoms with E-state index in [4.69, 9.17) is 4.74 Å². The molecule has 122 valence electrons. The normalized spacial score (nSPS) is 20.4. The summed E-state index contributed by atoms with van der Waals surface area (Å²) in [7, 11) is 0. The molecule has 0 bridgehead atoms. The highest BCUT2D eigenvalue weighted by Gasteiger charge is 2.44. The molecule has 0 aromatic heterocycles. The third-order valence-corrected chi connectivity index (χ3v) is 4.05. The van der Waals surface area contributed by atoms with Crippen molar-refractivity contribution in [2.45, 2.75) is 25.5 Å². The van der Waals surface area contributed by atoms with Crippen molar-refractivity contribution in [1.29, 1.82) is 0 Å². The molecule has 0 radical (unpaired) electrons. The Balaban J connectivity index is 1.92. The summed E-state index contributed by atoms with van der Waals surface area (Å²) in [6.45, 7) is 1.87. The van der Waals surface area contributed by atoms with Gasteiger partial charge in [-0.1, -0.05) is 54.6 Å². The predicted octanol–water partition coefficient (Wildman–Crippen LogP) is 3.84. The number of nitrogens with zero attached hydrogens (tertiary/aromatic N) is 1. The van der Waals surface area contributed by atoms with Gasteiger partial charge in [-0.15, -0.1) is 0 Å². The molecule has 2 aromatic rings. The number of ether oxygens (including phenoxy) is 1. The molecule has 1 heterocycles. The van der Waals surface area contributed by atoms with Gasteiger partial charge in [0.15, 0.2) is 0 Å². The van der Waals surface area contributed by atoms with Gasteiger partial charge in [-0.05, 0) is 37.1 Å². The molecule has 0 aliphatic carbocycles. The smallest absolute Gasteiger partial charge is 0.417 e. The summed E-state index contributed by atoms with van der Waals surface area (Å²) in [6, 6.07) is 18.3. The second kappa shape index (κ2) is 7.13. The molecule has 1 saturated heterocycles. The number of rotatable bonds is 4. The van der Waals surface area contributed by atoms with Crippen LogP contribution < -0.4 is 0 Å². The molecule has 2 atom stereocenters. The lowest BCUT2D eigenvalue weighted by molar-refractivity contribution is 0.0774. The third kappa shape index (κ3) is 3.23. The van der Waals surface area contributed by atoms with Crippen molar-refractivity contribution in [3.05, 3.63) is 83.9 Å². The Kier molecular flexibility index (Phi) is 4.75. The van der Waals surface area contributed by atoms with Gasteiger partial charge in [-0.2, -0.15) is 0 Å². The monoisotopic (exact) mass is 321 g/mol. The summed E-state index contributed by atoms with van der Waals surface area (Å²) >= 11 is 0. The summed E-state index contributed by atoms with van der Waals surface area (Å²) in [6.07, 6.45) is 3.19. The number of imide groups is 1. The quantitative estimate of drug-likeness (QED) is 0.804. The van der Waals surface area contributed by atoms with Gasteiger partial charge in [0.1, 0.15) is 6.10 Å². The first-order valence-electron chi connectivity index (χ1n) is 7.96. The number of cyclic esters (lactones) is 1. The maximum absolute atomic E-state index is 12.8. The van der Waals surface area contributed by atoms with Crippen molar-refractivity contribution >= 4 is 12.0 Å². The average molecular weight is 321 g/mol. The summed E-state index contributed by atoms with van der Waals surface area (Å²) in [5, 5.41) is 0. The van der Waals surface area contributed by atoms with E-state index in [2.05, 4.69) is 0 Å². The van der Waals surface area contributed by atoms with Crippen molar-refractivity contribution in [3.63, 3.8) is 0 Å². The minimum absolute atomic E-state index is 0.325. The third-order valence-electron chi connectivity index (χ3n) is 4.05. The molecule has 0 spiro atoms. The fraction of sp³-hybridized carbons (Fsp3) is 0.200. The number of amides is 2. The SMILES string of the molecule is C/C=C/[C@H]1OC(=O)N(C(=O)c2ccccc2)[C@@H]1Cc1ccccc1. The molecule has 24 heavy (non-hydrogen) atoms. The topological polar surface area (TPSA) is 46.6 Å². The van der Waals surface area contributed by atoms with Crippen LogP contribution in [0.1, 0.15) is 22.8 Å². The number of carbonyl (C=O) groups excluding carboxylic acids is 2. The molecule has 3 rings (SSSR count). The zero-order valence-corrected chi connectivity index (χ0v) is 13.5. The van der Waals surface area contributed by atoms with Gasteiger partial charge in [0, 0.05) is 5.56 Å². The van der Waals surface area contributed by atoms with Gasteiger partial charge in [0.05, 0.1) is 6.04 Å². The van der Waals surface area contributed by atoms with Gasteiger partial charge < -0.3 is 4.74 Å². The summed E-state index contributed by atoms with van der Waals surface area (Å²) in [5.41, 5.74) is 1.54. The largest absolute Gasteiger partial charge is 0.439 e. The van der Waals surface area contributed by atoms with Crippen molar-refractivity contribution < 1.29 is 14.3 Å². The number of carbonyl (C=O) groups is 2. The Morgan fingerprint density at radius 1 is 1.08 bits per heavy atom. The Hall–Kier alpha value is -2.88. The minimum atomic E-state index is -0.590. The predicted molar refractivity (Wildman–Crippen MR) is 91.6 cm³/mol. The lowest BCUT2D eigenvalue weighted by Gasteiger charge is -2.22. The van der Waals surface area contributed by atoms with Crippen LogP contribution in [-0.2, 0) is 11.2 Å². The zero-order chi connectivity index (χ0) is 16.9. The van der Waals surface area contributed by atoms with Gasteiger partial charge in [-0.3, -0.25) is 4.79 Å². The van der Waals surface area contributed by atoms with Crippen molar-refractivity contribution in [2.75, 3.05) is 0 Å². The Bertz CT molecular complexity index is 740. The van der Waals surface area contributed by atoms with Crippen LogP contribution in [0.3, 0.4) is 0 Å². The zero-order valence-electron chi connectivity index (χ0n) is 13.5. The highest BCUT2D eigenvalue weighted by Crippen LogP contribution is 2.26. The van der Waals surface area contributed by atoms with E-state index in [1.807, 2.05) is 55.5 Å². The average Bonchev–Trinajstić information content (AvgIpc) is 2.91. The highest BCUT2D eigenvalue weighted by molar-refractivity contribution is 6.04. The maximum atomic E-state index is 12.8. The lowest BCUT2D eigenvalue weighted by Crippen LogP contribution is -2.42. The molecule has 2 amide bonds. The van der Waals surface area contributed by atoms with Crippen LogP contribution in [0.5, 0.6) is 0 Å². The van der Waals surface area contributed by atoms with E-state index >= 15 is 0 Å². The van der Waals surface area contributed by atoms with Crippen LogP contribution in [0, 0.1) is 0 Å². The van der Waals surface area contributed by atoms with E-state index in [-0.39, 0.29) is 11.9 Å². The number of hydrogen-bond acceptors (Lipinski definition) is 3. The van der Waals surface area contributed by atoms with Gasteiger partial charge >= 0.3 is 6.09 Å². The number of benzene rings is 2. The van der Waals surface area contributed by atoms with Crippen molar-refractivity contribution in [1.82, 2.24) is 4.90 Å². The summed E-state index contributed by atoms with van der Waals surface area (Å²) < 4.78 is 5.42. The standard InChI is InChI=1S/C20H19NO3/c1-2-9-18-17(14-15-10-5-3-6-11-15)21(20(23)24-18)19(22)16-12-7-4-8-13-16/h2-13,17-18H,14H2,1H3/b9-2+/t17-,18-/m1/s1. The summed E-state index contributed by atoms with van der Waals surface area (Å²) in [4.78, 5) is 26.4. The molecule has 4 nitrogen and oxygen atoms in total. The van der Waals surface area contributed by atoms with Crippen molar-refractivity contribution in [3.8, 4) is 0 Å². The van der Waals surface area contributed by atoms with Gasteiger partial charge in [0.25, 0.3) is 5.91 Å². The molecule has 0 saturated carbocycles. The van der Waals surface area contributed by atoms with Crippen LogP contribution in [0.2, 0.25) is 0 Å².